The van der Waals surface area contributed by atoms with E-state index in [1.807, 2.05) is 30.3 Å². The number of nitrogens with one attached hydrogen (secondary N) is 1. The molecule has 1 aromatic carbocycles. The van der Waals surface area contributed by atoms with Crippen molar-refractivity contribution in [2.45, 2.75) is 38.3 Å². The average molecular weight is 276 g/mol. The summed E-state index contributed by atoms with van der Waals surface area (Å²) in [5.74, 6) is 0.641. The first-order chi connectivity index (χ1) is 9.75. The molecular formula is C16H24N2O2. The molecule has 1 atom stereocenters. The van der Waals surface area contributed by atoms with Crippen molar-refractivity contribution in [3.05, 3.63) is 35.9 Å². The second-order valence-corrected chi connectivity index (χ2v) is 5.45. The first kappa shape index (κ1) is 15.0. The molecule has 0 radical (unpaired) electrons. The summed E-state index contributed by atoms with van der Waals surface area (Å²) in [5, 5.41) is 2.90. The van der Waals surface area contributed by atoms with E-state index in [0.717, 1.165) is 6.42 Å². The zero-order valence-corrected chi connectivity index (χ0v) is 11.9. The van der Waals surface area contributed by atoms with Crippen molar-refractivity contribution in [3.63, 3.8) is 0 Å². The molecule has 1 aliphatic carbocycles. The van der Waals surface area contributed by atoms with E-state index < -0.39 is 0 Å². The van der Waals surface area contributed by atoms with E-state index >= 15 is 0 Å². The van der Waals surface area contributed by atoms with E-state index in [1.54, 1.807) is 0 Å². The van der Waals surface area contributed by atoms with Crippen molar-refractivity contribution in [1.82, 2.24) is 5.32 Å². The highest BCUT2D eigenvalue weighted by Crippen LogP contribution is 2.32. The second-order valence-electron chi connectivity index (χ2n) is 5.45. The minimum Gasteiger partial charge on any atom is -0.377 e. The van der Waals surface area contributed by atoms with E-state index in [4.69, 9.17) is 10.5 Å². The fraction of sp³-hybridized carbons (Fsp3) is 0.562. The molecule has 20 heavy (non-hydrogen) atoms. The van der Waals surface area contributed by atoms with Gasteiger partial charge in [0.05, 0.1) is 6.61 Å². The molecule has 4 nitrogen and oxygen atoms in total. The molecule has 0 spiro atoms. The minimum absolute atomic E-state index is 0.0457. The molecular weight excluding hydrogens is 252 g/mol. The molecule has 2 rings (SSSR count). The molecule has 1 saturated carbocycles. The van der Waals surface area contributed by atoms with Gasteiger partial charge in [-0.25, -0.2) is 0 Å². The minimum atomic E-state index is 0.0457. The van der Waals surface area contributed by atoms with E-state index in [9.17, 15) is 4.79 Å². The van der Waals surface area contributed by atoms with Crippen LogP contribution in [0.1, 0.15) is 31.2 Å². The highest BCUT2D eigenvalue weighted by atomic mass is 16.5. The number of amides is 1. The number of benzene rings is 1. The monoisotopic (exact) mass is 276 g/mol. The number of ether oxygens (including phenoxy) is 1. The molecule has 1 unspecified atom stereocenters. The quantitative estimate of drug-likeness (QED) is 0.676. The van der Waals surface area contributed by atoms with Gasteiger partial charge in [0.15, 0.2) is 0 Å². The van der Waals surface area contributed by atoms with Crippen molar-refractivity contribution in [1.29, 1.82) is 0 Å². The molecule has 4 heteroatoms. The summed E-state index contributed by atoms with van der Waals surface area (Å²) >= 11 is 0. The lowest BCUT2D eigenvalue weighted by atomic mass is 10.1. The summed E-state index contributed by atoms with van der Waals surface area (Å²) in [7, 11) is 0. The third-order valence-electron chi connectivity index (χ3n) is 3.55. The standard InChI is InChI=1S/C16H24N2O2/c17-15(14-7-8-14)11-16(19)18-9-4-10-20-12-13-5-2-1-3-6-13/h1-3,5-6,14-15H,4,7-12,17H2,(H,18,19). The van der Waals surface area contributed by atoms with Crippen LogP contribution in [0.5, 0.6) is 0 Å². The Bertz CT molecular complexity index is 404. The van der Waals surface area contributed by atoms with Gasteiger partial charge in [-0.2, -0.15) is 0 Å². The summed E-state index contributed by atoms with van der Waals surface area (Å²) in [5.41, 5.74) is 7.08. The van der Waals surface area contributed by atoms with Gasteiger partial charge in [-0.15, -0.1) is 0 Å². The first-order valence-electron chi connectivity index (χ1n) is 7.39. The Labute approximate surface area is 120 Å². The van der Waals surface area contributed by atoms with Crippen LogP contribution in [0.4, 0.5) is 0 Å². The summed E-state index contributed by atoms with van der Waals surface area (Å²) in [6, 6.07) is 10.1. The molecule has 0 aromatic heterocycles. The van der Waals surface area contributed by atoms with Gasteiger partial charge in [0.1, 0.15) is 0 Å². The largest absolute Gasteiger partial charge is 0.377 e. The van der Waals surface area contributed by atoms with Gasteiger partial charge in [-0.05, 0) is 30.7 Å². The van der Waals surface area contributed by atoms with Gasteiger partial charge in [-0.3, -0.25) is 4.79 Å². The van der Waals surface area contributed by atoms with Crippen LogP contribution in [0.15, 0.2) is 30.3 Å². The van der Waals surface area contributed by atoms with Crippen LogP contribution in [0, 0.1) is 5.92 Å². The highest BCUT2D eigenvalue weighted by molar-refractivity contribution is 5.76. The third-order valence-corrected chi connectivity index (χ3v) is 3.55. The Morgan fingerprint density at radius 3 is 2.80 bits per heavy atom. The van der Waals surface area contributed by atoms with Gasteiger partial charge >= 0.3 is 0 Å². The summed E-state index contributed by atoms with van der Waals surface area (Å²) in [6.45, 7) is 1.94. The predicted octanol–water partition coefficient (Wildman–Crippen LogP) is 1.84. The van der Waals surface area contributed by atoms with E-state index in [0.29, 0.717) is 32.1 Å². The lowest BCUT2D eigenvalue weighted by Gasteiger charge is -2.10. The predicted molar refractivity (Wildman–Crippen MR) is 79.0 cm³/mol. The van der Waals surface area contributed by atoms with Crippen LogP contribution in [0.2, 0.25) is 0 Å². The SMILES string of the molecule is NC(CC(=O)NCCCOCc1ccccc1)C1CC1. The fourth-order valence-electron chi connectivity index (χ4n) is 2.14. The van der Waals surface area contributed by atoms with Crippen LogP contribution >= 0.6 is 0 Å². The smallest absolute Gasteiger partial charge is 0.221 e. The summed E-state index contributed by atoms with van der Waals surface area (Å²) in [4.78, 5) is 11.6. The van der Waals surface area contributed by atoms with Crippen molar-refractivity contribution < 1.29 is 9.53 Å². The molecule has 3 N–H and O–H groups in total. The normalized spacial score (nSPS) is 15.8. The summed E-state index contributed by atoms with van der Waals surface area (Å²) in [6.07, 6.45) is 3.65. The number of nitrogens with two attached hydrogens (primary N) is 1. The van der Waals surface area contributed by atoms with Gasteiger partial charge < -0.3 is 15.8 Å². The van der Waals surface area contributed by atoms with Gasteiger partial charge in [-0.1, -0.05) is 30.3 Å². The molecule has 110 valence electrons. The maximum Gasteiger partial charge on any atom is 0.221 e. The van der Waals surface area contributed by atoms with Crippen LogP contribution in [0.3, 0.4) is 0 Å². The Balaban J connectivity index is 1.46. The maximum absolute atomic E-state index is 11.6. The van der Waals surface area contributed by atoms with Crippen molar-refractivity contribution in [3.8, 4) is 0 Å². The fourth-order valence-corrected chi connectivity index (χ4v) is 2.14. The number of hydrogen-bond donors (Lipinski definition) is 2. The van der Waals surface area contributed by atoms with Crippen molar-refractivity contribution >= 4 is 5.91 Å². The number of carbonyl (C=O) groups excluding carboxylic acids is 1. The van der Waals surface area contributed by atoms with Crippen LogP contribution in [-0.4, -0.2) is 25.1 Å². The topological polar surface area (TPSA) is 64.4 Å². The number of rotatable bonds is 9. The van der Waals surface area contributed by atoms with Crippen LogP contribution < -0.4 is 11.1 Å². The van der Waals surface area contributed by atoms with E-state index in [1.165, 1.54) is 18.4 Å². The molecule has 0 bridgehead atoms. The molecule has 0 heterocycles. The first-order valence-corrected chi connectivity index (χ1v) is 7.39. The Morgan fingerprint density at radius 2 is 2.10 bits per heavy atom. The molecule has 1 fully saturated rings. The number of carbonyl (C=O) groups is 1. The lowest BCUT2D eigenvalue weighted by molar-refractivity contribution is -0.121. The molecule has 1 amide bonds. The maximum atomic E-state index is 11.6. The second kappa shape index (κ2) is 8.02. The Morgan fingerprint density at radius 1 is 1.35 bits per heavy atom. The highest BCUT2D eigenvalue weighted by Gasteiger charge is 2.29. The Hall–Kier alpha value is -1.39. The van der Waals surface area contributed by atoms with Crippen molar-refractivity contribution in [2.24, 2.45) is 11.7 Å². The van der Waals surface area contributed by atoms with Gasteiger partial charge in [0.25, 0.3) is 0 Å². The Kier molecular flexibility index (Phi) is 6.02. The zero-order chi connectivity index (χ0) is 14.2. The molecule has 0 aliphatic heterocycles. The number of hydrogen-bond acceptors (Lipinski definition) is 3. The lowest BCUT2D eigenvalue weighted by Crippen LogP contribution is -2.33. The summed E-state index contributed by atoms with van der Waals surface area (Å²) < 4.78 is 5.55. The van der Waals surface area contributed by atoms with E-state index in [-0.39, 0.29) is 11.9 Å². The van der Waals surface area contributed by atoms with Crippen LogP contribution in [0.25, 0.3) is 0 Å². The van der Waals surface area contributed by atoms with Crippen LogP contribution in [-0.2, 0) is 16.1 Å². The average Bonchev–Trinajstić information content (AvgIpc) is 3.28. The van der Waals surface area contributed by atoms with Gasteiger partial charge in [0.2, 0.25) is 5.91 Å². The van der Waals surface area contributed by atoms with Gasteiger partial charge in [0, 0.05) is 25.6 Å². The van der Waals surface area contributed by atoms with E-state index in [2.05, 4.69) is 5.32 Å². The van der Waals surface area contributed by atoms with Crippen molar-refractivity contribution in [2.75, 3.05) is 13.2 Å². The molecule has 0 saturated heterocycles. The zero-order valence-electron chi connectivity index (χ0n) is 11.9. The molecule has 1 aromatic rings. The molecule has 1 aliphatic rings. The third kappa shape index (κ3) is 5.72.